The van der Waals surface area contributed by atoms with Gasteiger partial charge in [0.05, 0.1) is 6.54 Å². The van der Waals surface area contributed by atoms with Gasteiger partial charge in [-0.15, -0.1) is 11.3 Å². The first kappa shape index (κ1) is 20.1. The Bertz CT molecular complexity index is 700. The van der Waals surface area contributed by atoms with Gasteiger partial charge < -0.3 is 10.2 Å². The number of amides is 2. The Balaban J connectivity index is 1.93. The molecule has 1 aromatic heterocycles. The third kappa shape index (κ3) is 6.26. The van der Waals surface area contributed by atoms with Gasteiger partial charge in [-0.1, -0.05) is 44.2 Å². The molecule has 5 nitrogen and oxygen atoms in total. The summed E-state index contributed by atoms with van der Waals surface area (Å²) in [4.78, 5) is 30.8. The molecule has 2 aromatic rings. The predicted molar refractivity (Wildman–Crippen MR) is 105 cm³/mol. The molecule has 1 N–H and O–H groups in total. The minimum Gasteiger partial charge on any atom is -0.351 e. The van der Waals surface area contributed by atoms with E-state index in [0.29, 0.717) is 31.7 Å². The van der Waals surface area contributed by atoms with Crippen LogP contribution in [0.2, 0.25) is 0 Å². The highest BCUT2D eigenvalue weighted by molar-refractivity contribution is 7.09. The minimum atomic E-state index is -0.146. The molecule has 0 aliphatic carbocycles. The molecule has 1 heterocycles. The Kier molecular flexibility index (Phi) is 8.28. The van der Waals surface area contributed by atoms with Crippen LogP contribution < -0.4 is 5.32 Å². The summed E-state index contributed by atoms with van der Waals surface area (Å²) in [5.41, 5.74) is 1.60. The summed E-state index contributed by atoms with van der Waals surface area (Å²) in [5, 5.41) is 5.39. The van der Waals surface area contributed by atoms with Crippen LogP contribution in [-0.2, 0) is 17.8 Å². The van der Waals surface area contributed by atoms with Gasteiger partial charge in [0.25, 0.3) is 5.91 Å². The zero-order valence-corrected chi connectivity index (χ0v) is 16.3. The lowest BCUT2D eigenvalue weighted by molar-refractivity contribution is -0.131. The second kappa shape index (κ2) is 10.7. The average Bonchev–Trinajstić information content (AvgIpc) is 3.13. The molecule has 2 rings (SSSR count). The van der Waals surface area contributed by atoms with Crippen molar-refractivity contribution in [3.63, 3.8) is 0 Å². The van der Waals surface area contributed by atoms with Crippen molar-refractivity contribution in [1.82, 2.24) is 15.2 Å². The Morgan fingerprint density at radius 2 is 1.92 bits per heavy atom. The lowest BCUT2D eigenvalue weighted by Gasteiger charge is -2.21. The van der Waals surface area contributed by atoms with Crippen LogP contribution in [0.15, 0.2) is 35.7 Å². The summed E-state index contributed by atoms with van der Waals surface area (Å²) in [6, 6.07) is 10.0. The van der Waals surface area contributed by atoms with Crippen LogP contribution in [0.3, 0.4) is 0 Å². The van der Waals surface area contributed by atoms with E-state index in [4.69, 9.17) is 0 Å². The number of carbonyl (C=O) groups excluding carboxylic acids is 2. The monoisotopic (exact) mass is 373 g/mol. The van der Waals surface area contributed by atoms with Gasteiger partial charge >= 0.3 is 0 Å². The van der Waals surface area contributed by atoms with Crippen LogP contribution >= 0.6 is 11.3 Å². The topological polar surface area (TPSA) is 62.3 Å². The van der Waals surface area contributed by atoms with Gasteiger partial charge in [-0.3, -0.25) is 9.59 Å². The van der Waals surface area contributed by atoms with E-state index >= 15 is 0 Å². The molecule has 0 bridgehead atoms. The molecular weight excluding hydrogens is 346 g/mol. The number of carbonyl (C=O) groups is 2. The Morgan fingerprint density at radius 1 is 1.15 bits per heavy atom. The SMILES string of the molecule is CCCNC(=O)c1csc(CN(CCC)C(=O)CCc2ccccc2)n1. The molecule has 0 unspecified atom stereocenters. The Morgan fingerprint density at radius 3 is 2.62 bits per heavy atom. The van der Waals surface area contributed by atoms with Gasteiger partial charge in [0.1, 0.15) is 10.7 Å². The number of aromatic nitrogens is 1. The van der Waals surface area contributed by atoms with Crippen LogP contribution in [0.4, 0.5) is 0 Å². The number of benzene rings is 1. The molecule has 0 saturated heterocycles. The molecule has 1 aromatic carbocycles. The van der Waals surface area contributed by atoms with E-state index in [-0.39, 0.29) is 11.8 Å². The summed E-state index contributed by atoms with van der Waals surface area (Å²) in [7, 11) is 0. The lowest BCUT2D eigenvalue weighted by Crippen LogP contribution is -2.31. The Labute approximate surface area is 159 Å². The molecule has 0 radical (unpaired) electrons. The van der Waals surface area contributed by atoms with Gasteiger partial charge in [-0.25, -0.2) is 4.98 Å². The molecule has 140 valence electrons. The molecule has 0 atom stereocenters. The van der Waals surface area contributed by atoms with Crippen molar-refractivity contribution in [3.8, 4) is 0 Å². The summed E-state index contributed by atoms with van der Waals surface area (Å²) in [5.74, 6) is -0.0188. The predicted octanol–water partition coefficient (Wildman–Crippen LogP) is 3.65. The summed E-state index contributed by atoms with van der Waals surface area (Å²) in [6.07, 6.45) is 3.01. The second-order valence-electron chi connectivity index (χ2n) is 6.18. The number of hydrogen-bond donors (Lipinski definition) is 1. The minimum absolute atomic E-state index is 0.128. The third-order valence-electron chi connectivity index (χ3n) is 3.96. The van der Waals surface area contributed by atoms with Gasteiger partial charge in [0.2, 0.25) is 5.91 Å². The number of nitrogens with one attached hydrogen (secondary N) is 1. The maximum Gasteiger partial charge on any atom is 0.270 e. The maximum atomic E-state index is 12.6. The van der Waals surface area contributed by atoms with E-state index < -0.39 is 0 Å². The smallest absolute Gasteiger partial charge is 0.270 e. The van der Waals surface area contributed by atoms with Crippen molar-refractivity contribution in [2.24, 2.45) is 0 Å². The van der Waals surface area contributed by atoms with Crippen LogP contribution in [0.5, 0.6) is 0 Å². The molecule has 26 heavy (non-hydrogen) atoms. The fourth-order valence-corrected chi connectivity index (χ4v) is 3.38. The van der Waals surface area contributed by atoms with E-state index in [1.807, 2.05) is 42.2 Å². The van der Waals surface area contributed by atoms with E-state index in [0.717, 1.165) is 24.3 Å². The molecule has 2 amide bonds. The molecule has 0 aliphatic heterocycles. The fourth-order valence-electron chi connectivity index (χ4n) is 2.60. The van der Waals surface area contributed by atoms with Crippen LogP contribution in [0, 0.1) is 0 Å². The first-order chi connectivity index (χ1) is 12.6. The van der Waals surface area contributed by atoms with Crippen molar-refractivity contribution in [2.45, 2.75) is 46.1 Å². The standard InChI is InChI=1S/C20H27N3O2S/c1-3-12-21-20(25)17-15-26-18(22-17)14-23(13-4-2)19(24)11-10-16-8-6-5-7-9-16/h5-9,15H,3-4,10-14H2,1-2H3,(H,21,25). The van der Waals surface area contributed by atoms with E-state index in [9.17, 15) is 9.59 Å². The second-order valence-corrected chi connectivity index (χ2v) is 7.13. The molecule has 0 fully saturated rings. The average molecular weight is 374 g/mol. The first-order valence-electron chi connectivity index (χ1n) is 9.18. The molecular formula is C20H27N3O2S. The molecule has 0 aliphatic rings. The highest BCUT2D eigenvalue weighted by Crippen LogP contribution is 2.14. The fraction of sp³-hybridized carbons (Fsp3) is 0.450. The first-order valence-corrected chi connectivity index (χ1v) is 10.1. The largest absolute Gasteiger partial charge is 0.351 e. The van der Waals surface area contributed by atoms with E-state index in [1.54, 1.807) is 5.38 Å². The van der Waals surface area contributed by atoms with E-state index in [2.05, 4.69) is 17.2 Å². The van der Waals surface area contributed by atoms with Crippen LogP contribution in [0.25, 0.3) is 0 Å². The zero-order valence-electron chi connectivity index (χ0n) is 15.5. The maximum absolute atomic E-state index is 12.6. The number of thiazole rings is 1. The van der Waals surface area contributed by atoms with Gasteiger partial charge in [0.15, 0.2) is 0 Å². The third-order valence-corrected chi connectivity index (χ3v) is 4.80. The van der Waals surface area contributed by atoms with Gasteiger partial charge in [0, 0.05) is 24.9 Å². The highest BCUT2D eigenvalue weighted by Gasteiger charge is 2.16. The van der Waals surface area contributed by atoms with Crippen molar-refractivity contribution in [2.75, 3.05) is 13.1 Å². The van der Waals surface area contributed by atoms with E-state index in [1.165, 1.54) is 16.9 Å². The summed E-state index contributed by atoms with van der Waals surface area (Å²) >= 11 is 1.43. The van der Waals surface area contributed by atoms with Gasteiger partial charge in [-0.2, -0.15) is 0 Å². The quantitative estimate of drug-likeness (QED) is 0.691. The molecule has 0 spiro atoms. The highest BCUT2D eigenvalue weighted by atomic mass is 32.1. The summed E-state index contributed by atoms with van der Waals surface area (Å²) in [6.45, 7) is 5.88. The number of aryl methyl sites for hydroxylation is 1. The summed E-state index contributed by atoms with van der Waals surface area (Å²) < 4.78 is 0. The van der Waals surface area contributed by atoms with Crippen molar-refractivity contribution >= 4 is 23.2 Å². The zero-order chi connectivity index (χ0) is 18.8. The number of rotatable bonds is 10. The van der Waals surface area contributed by atoms with Crippen molar-refractivity contribution < 1.29 is 9.59 Å². The van der Waals surface area contributed by atoms with Crippen molar-refractivity contribution in [3.05, 3.63) is 52.0 Å². The lowest BCUT2D eigenvalue weighted by atomic mass is 10.1. The van der Waals surface area contributed by atoms with Gasteiger partial charge in [-0.05, 0) is 24.8 Å². The van der Waals surface area contributed by atoms with Crippen LogP contribution in [-0.4, -0.2) is 34.8 Å². The molecule has 6 heteroatoms. The molecule has 0 saturated carbocycles. The van der Waals surface area contributed by atoms with Crippen LogP contribution in [0.1, 0.15) is 54.2 Å². The number of nitrogens with zero attached hydrogens (tertiary/aromatic N) is 2. The Hall–Kier alpha value is -2.21. The number of hydrogen-bond acceptors (Lipinski definition) is 4. The van der Waals surface area contributed by atoms with Crippen molar-refractivity contribution in [1.29, 1.82) is 0 Å². The normalized spacial score (nSPS) is 10.5.